The molecule has 0 aliphatic rings. The van der Waals surface area contributed by atoms with Crippen molar-refractivity contribution in [3.63, 3.8) is 0 Å². The molecule has 9 heteroatoms. The zero-order valence-electron chi connectivity index (χ0n) is 12.3. The van der Waals surface area contributed by atoms with E-state index in [1.807, 2.05) is 13.8 Å². The number of carboxylic acids is 1. The summed E-state index contributed by atoms with van der Waals surface area (Å²) in [5.41, 5.74) is 0. The van der Waals surface area contributed by atoms with E-state index in [0.717, 1.165) is 4.31 Å². The van der Waals surface area contributed by atoms with Crippen LogP contribution in [-0.4, -0.2) is 67.3 Å². The van der Waals surface area contributed by atoms with Gasteiger partial charge in [0, 0.05) is 26.7 Å². The molecule has 0 aromatic rings. The van der Waals surface area contributed by atoms with E-state index in [1.165, 1.54) is 18.9 Å². The van der Waals surface area contributed by atoms with Crippen molar-refractivity contribution in [3.05, 3.63) is 0 Å². The van der Waals surface area contributed by atoms with Crippen molar-refractivity contribution in [3.8, 4) is 0 Å². The van der Waals surface area contributed by atoms with Gasteiger partial charge in [-0.2, -0.15) is 17.4 Å². The monoisotopic (exact) mass is 309 g/mol. The van der Waals surface area contributed by atoms with E-state index in [0.29, 0.717) is 13.1 Å². The lowest BCUT2D eigenvalue weighted by Crippen LogP contribution is -2.50. The maximum Gasteiger partial charge on any atom is 0.304 e. The number of hydrogen-bond acceptors (Lipinski definition) is 4. The van der Waals surface area contributed by atoms with Crippen molar-refractivity contribution in [2.75, 3.05) is 26.7 Å². The molecule has 1 atom stereocenters. The molecular formula is C11H23N3O5S. The summed E-state index contributed by atoms with van der Waals surface area (Å²) in [6.07, 6.45) is -0.296. The van der Waals surface area contributed by atoms with E-state index in [2.05, 4.69) is 4.72 Å². The van der Waals surface area contributed by atoms with Crippen LogP contribution in [-0.2, 0) is 19.8 Å². The van der Waals surface area contributed by atoms with Gasteiger partial charge in [0.05, 0.1) is 12.5 Å². The minimum absolute atomic E-state index is 0.156. The van der Waals surface area contributed by atoms with Crippen LogP contribution in [0.2, 0.25) is 0 Å². The van der Waals surface area contributed by atoms with Gasteiger partial charge < -0.3 is 10.0 Å². The standard InChI is InChI=1S/C11H23N3O5S/c1-5-14(6-2)11(17)9(3)12-20(18,19)13(4)8-7-10(15)16/h9,12H,5-8H2,1-4H3,(H,15,16). The number of carboxylic acid groups (broad SMARTS) is 1. The van der Waals surface area contributed by atoms with Crippen molar-refractivity contribution < 1.29 is 23.1 Å². The number of nitrogens with zero attached hydrogens (tertiary/aromatic N) is 2. The molecule has 0 saturated heterocycles. The highest BCUT2D eigenvalue weighted by molar-refractivity contribution is 7.87. The summed E-state index contributed by atoms with van der Waals surface area (Å²) in [6.45, 7) is 5.91. The second-order valence-electron chi connectivity index (χ2n) is 4.32. The van der Waals surface area contributed by atoms with Crippen LogP contribution >= 0.6 is 0 Å². The molecule has 118 valence electrons. The molecule has 0 aromatic carbocycles. The minimum atomic E-state index is -3.88. The Labute approximate surface area is 119 Å². The summed E-state index contributed by atoms with van der Waals surface area (Å²) >= 11 is 0. The highest BCUT2D eigenvalue weighted by Gasteiger charge is 2.26. The van der Waals surface area contributed by atoms with Gasteiger partial charge in [-0.05, 0) is 20.8 Å². The van der Waals surface area contributed by atoms with Crippen LogP contribution in [0.4, 0.5) is 0 Å². The number of carbonyl (C=O) groups excluding carboxylic acids is 1. The number of nitrogens with one attached hydrogen (secondary N) is 1. The van der Waals surface area contributed by atoms with E-state index in [9.17, 15) is 18.0 Å². The van der Waals surface area contributed by atoms with Crippen LogP contribution in [0, 0.1) is 0 Å². The Balaban J connectivity index is 4.66. The zero-order valence-corrected chi connectivity index (χ0v) is 13.1. The van der Waals surface area contributed by atoms with E-state index in [-0.39, 0.29) is 18.9 Å². The van der Waals surface area contributed by atoms with Crippen LogP contribution in [0.25, 0.3) is 0 Å². The summed E-state index contributed by atoms with van der Waals surface area (Å²) in [6, 6.07) is -0.896. The van der Waals surface area contributed by atoms with Gasteiger partial charge in [-0.15, -0.1) is 0 Å². The lowest BCUT2D eigenvalue weighted by molar-refractivity contribution is -0.137. The van der Waals surface area contributed by atoms with Crippen molar-refractivity contribution in [1.29, 1.82) is 0 Å². The first-order valence-corrected chi connectivity index (χ1v) is 7.83. The van der Waals surface area contributed by atoms with Crippen molar-refractivity contribution in [2.24, 2.45) is 0 Å². The molecule has 0 aliphatic carbocycles. The Morgan fingerprint density at radius 1 is 1.25 bits per heavy atom. The lowest BCUT2D eigenvalue weighted by Gasteiger charge is -2.25. The molecule has 0 rings (SSSR count). The smallest absolute Gasteiger partial charge is 0.304 e. The third-order valence-corrected chi connectivity index (χ3v) is 4.48. The molecule has 0 spiro atoms. The average molecular weight is 309 g/mol. The van der Waals surface area contributed by atoms with Gasteiger partial charge in [-0.3, -0.25) is 9.59 Å². The molecule has 0 aliphatic heterocycles. The number of hydrogen-bond donors (Lipinski definition) is 2. The second kappa shape index (κ2) is 8.18. The van der Waals surface area contributed by atoms with Crippen LogP contribution in [0.15, 0.2) is 0 Å². The van der Waals surface area contributed by atoms with Crippen molar-refractivity contribution in [2.45, 2.75) is 33.2 Å². The Morgan fingerprint density at radius 3 is 2.15 bits per heavy atom. The average Bonchev–Trinajstić information content (AvgIpc) is 2.36. The fraction of sp³-hybridized carbons (Fsp3) is 0.818. The SMILES string of the molecule is CCN(CC)C(=O)C(C)NS(=O)(=O)N(C)CCC(=O)O. The third kappa shape index (κ3) is 5.85. The van der Waals surface area contributed by atoms with Crippen LogP contribution < -0.4 is 4.72 Å². The molecule has 0 heterocycles. The first kappa shape index (κ1) is 18.8. The van der Waals surface area contributed by atoms with Gasteiger partial charge in [-0.1, -0.05) is 0 Å². The summed E-state index contributed by atoms with van der Waals surface area (Å²) in [5.74, 6) is -1.40. The van der Waals surface area contributed by atoms with Gasteiger partial charge in [-0.25, -0.2) is 0 Å². The zero-order chi connectivity index (χ0) is 15.9. The number of carbonyl (C=O) groups is 2. The molecular weight excluding hydrogens is 286 g/mol. The first-order valence-electron chi connectivity index (χ1n) is 6.39. The Bertz CT molecular complexity index is 433. The highest BCUT2D eigenvalue weighted by Crippen LogP contribution is 2.01. The molecule has 20 heavy (non-hydrogen) atoms. The number of aliphatic carboxylic acids is 1. The predicted molar refractivity (Wildman–Crippen MR) is 74.3 cm³/mol. The van der Waals surface area contributed by atoms with Crippen LogP contribution in [0.5, 0.6) is 0 Å². The van der Waals surface area contributed by atoms with Gasteiger partial charge in [0.2, 0.25) is 5.91 Å². The molecule has 0 saturated carbocycles. The predicted octanol–water partition coefficient (Wildman–Crippen LogP) is -0.516. The largest absolute Gasteiger partial charge is 0.481 e. The number of amides is 1. The number of likely N-dealkylation sites (N-methyl/N-ethyl adjacent to an activating group) is 1. The Morgan fingerprint density at radius 2 is 1.75 bits per heavy atom. The van der Waals surface area contributed by atoms with Gasteiger partial charge in [0.15, 0.2) is 0 Å². The third-order valence-electron chi connectivity index (χ3n) is 2.82. The van der Waals surface area contributed by atoms with E-state index in [4.69, 9.17) is 5.11 Å². The Hall–Kier alpha value is -1.19. The Kier molecular flexibility index (Phi) is 7.69. The van der Waals surface area contributed by atoms with Crippen molar-refractivity contribution in [1.82, 2.24) is 13.9 Å². The fourth-order valence-corrected chi connectivity index (χ4v) is 2.61. The lowest BCUT2D eigenvalue weighted by atomic mass is 10.3. The molecule has 0 aromatic heterocycles. The number of rotatable bonds is 9. The van der Waals surface area contributed by atoms with Gasteiger partial charge in [0.1, 0.15) is 0 Å². The first-order chi connectivity index (χ1) is 9.15. The maximum atomic E-state index is 12.0. The highest BCUT2D eigenvalue weighted by atomic mass is 32.2. The van der Waals surface area contributed by atoms with Gasteiger partial charge in [0.25, 0.3) is 10.2 Å². The van der Waals surface area contributed by atoms with E-state index >= 15 is 0 Å². The van der Waals surface area contributed by atoms with Crippen LogP contribution in [0.1, 0.15) is 27.2 Å². The summed E-state index contributed by atoms with van der Waals surface area (Å²) in [4.78, 5) is 23.9. The second-order valence-corrected chi connectivity index (χ2v) is 6.13. The molecule has 0 radical (unpaired) electrons. The quantitative estimate of drug-likeness (QED) is 0.596. The topological polar surface area (TPSA) is 107 Å². The molecule has 0 bridgehead atoms. The normalized spacial score (nSPS) is 13.2. The van der Waals surface area contributed by atoms with Gasteiger partial charge >= 0.3 is 5.97 Å². The molecule has 0 fully saturated rings. The molecule has 1 amide bonds. The van der Waals surface area contributed by atoms with Crippen LogP contribution in [0.3, 0.4) is 0 Å². The van der Waals surface area contributed by atoms with Crippen molar-refractivity contribution >= 4 is 22.1 Å². The van der Waals surface area contributed by atoms with E-state index in [1.54, 1.807) is 0 Å². The van der Waals surface area contributed by atoms with E-state index < -0.39 is 22.2 Å². The summed E-state index contributed by atoms with van der Waals surface area (Å²) in [5, 5.41) is 8.53. The summed E-state index contributed by atoms with van der Waals surface area (Å²) in [7, 11) is -2.61. The molecule has 2 N–H and O–H groups in total. The maximum absolute atomic E-state index is 12.0. The fourth-order valence-electron chi connectivity index (χ4n) is 1.55. The minimum Gasteiger partial charge on any atom is -0.481 e. The molecule has 1 unspecified atom stereocenters. The summed E-state index contributed by atoms with van der Waals surface area (Å²) < 4.78 is 26.9. The molecule has 8 nitrogen and oxygen atoms in total.